The SMILES string of the molecule is CN1NC=C(C(N)=O)S1. The van der Waals surface area contributed by atoms with E-state index in [0.29, 0.717) is 4.91 Å². The Bertz CT molecular complexity index is 167. The molecule has 5 heteroatoms. The van der Waals surface area contributed by atoms with Crippen LogP contribution in [0.4, 0.5) is 0 Å². The number of nitrogens with two attached hydrogens (primary N) is 1. The second kappa shape index (κ2) is 2.28. The Balaban J connectivity index is 2.55. The highest BCUT2D eigenvalue weighted by Crippen LogP contribution is 2.20. The van der Waals surface area contributed by atoms with Gasteiger partial charge in [0.1, 0.15) is 4.91 Å². The highest BCUT2D eigenvalue weighted by Gasteiger charge is 2.14. The number of primary amides is 1. The van der Waals surface area contributed by atoms with E-state index in [1.54, 1.807) is 17.7 Å². The second-order valence-electron chi connectivity index (χ2n) is 1.59. The Morgan fingerprint density at radius 1 is 2.00 bits per heavy atom. The van der Waals surface area contributed by atoms with Crippen LogP contribution in [0.2, 0.25) is 0 Å². The van der Waals surface area contributed by atoms with Gasteiger partial charge in [-0.1, -0.05) is 0 Å². The van der Waals surface area contributed by atoms with Gasteiger partial charge in [0.2, 0.25) is 0 Å². The number of nitrogens with zero attached hydrogens (tertiary/aromatic N) is 1. The number of rotatable bonds is 1. The van der Waals surface area contributed by atoms with E-state index in [1.165, 1.54) is 11.9 Å². The van der Waals surface area contributed by atoms with Crippen LogP contribution in [-0.4, -0.2) is 17.4 Å². The van der Waals surface area contributed by atoms with Crippen LogP contribution in [0.3, 0.4) is 0 Å². The molecule has 0 atom stereocenters. The number of hydrazine groups is 1. The van der Waals surface area contributed by atoms with Crippen LogP contribution in [0.15, 0.2) is 11.1 Å². The van der Waals surface area contributed by atoms with Crippen molar-refractivity contribution in [2.75, 3.05) is 7.05 Å². The Kier molecular flexibility index (Phi) is 1.63. The molecule has 0 aromatic rings. The number of hydrogen-bond donors (Lipinski definition) is 2. The molecular formula is C4H7N3OS. The van der Waals surface area contributed by atoms with Crippen molar-refractivity contribution in [1.82, 2.24) is 9.84 Å². The van der Waals surface area contributed by atoms with Crippen molar-refractivity contribution in [2.45, 2.75) is 0 Å². The largest absolute Gasteiger partial charge is 0.365 e. The quantitative estimate of drug-likeness (QED) is 0.484. The third kappa shape index (κ3) is 1.36. The fourth-order valence-electron chi connectivity index (χ4n) is 0.466. The summed E-state index contributed by atoms with van der Waals surface area (Å²) in [5.74, 6) is -0.392. The minimum absolute atomic E-state index is 0.392. The van der Waals surface area contributed by atoms with Crippen LogP contribution in [0.1, 0.15) is 0 Å². The lowest BCUT2D eigenvalue weighted by Gasteiger charge is -2.03. The first-order chi connectivity index (χ1) is 4.20. The maximum atomic E-state index is 10.4. The summed E-state index contributed by atoms with van der Waals surface area (Å²) >= 11 is 1.28. The zero-order valence-corrected chi connectivity index (χ0v) is 5.73. The van der Waals surface area contributed by atoms with Gasteiger partial charge in [-0.25, -0.2) is 0 Å². The molecule has 0 aromatic carbocycles. The maximum absolute atomic E-state index is 10.4. The minimum Gasteiger partial charge on any atom is -0.365 e. The van der Waals surface area contributed by atoms with Gasteiger partial charge in [0.25, 0.3) is 5.91 Å². The molecule has 0 fully saturated rings. The molecule has 0 bridgehead atoms. The highest BCUT2D eigenvalue weighted by molar-refractivity contribution is 8.01. The summed E-state index contributed by atoms with van der Waals surface area (Å²) < 4.78 is 1.69. The van der Waals surface area contributed by atoms with Gasteiger partial charge in [0.15, 0.2) is 0 Å². The van der Waals surface area contributed by atoms with Crippen LogP contribution in [0.25, 0.3) is 0 Å². The van der Waals surface area contributed by atoms with Gasteiger partial charge in [0.05, 0.1) is 0 Å². The first-order valence-corrected chi connectivity index (χ1v) is 3.15. The highest BCUT2D eigenvalue weighted by atomic mass is 32.2. The van der Waals surface area contributed by atoms with Gasteiger partial charge >= 0.3 is 0 Å². The maximum Gasteiger partial charge on any atom is 0.258 e. The van der Waals surface area contributed by atoms with Gasteiger partial charge in [-0.15, -0.1) is 0 Å². The van der Waals surface area contributed by atoms with Crippen molar-refractivity contribution >= 4 is 17.9 Å². The normalized spacial score (nSPS) is 19.0. The van der Waals surface area contributed by atoms with Crippen molar-refractivity contribution in [3.8, 4) is 0 Å². The van der Waals surface area contributed by atoms with Gasteiger partial charge in [-0.2, -0.15) is 4.41 Å². The first kappa shape index (κ1) is 6.44. The molecule has 0 aliphatic carbocycles. The lowest BCUT2D eigenvalue weighted by molar-refractivity contribution is -0.113. The molecule has 0 unspecified atom stereocenters. The number of carbonyl (C=O) groups excluding carboxylic acids is 1. The molecule has 0 aromatic heterocycles. The Hall–Kier alpha value is -0.680. The Morgan fingerprint density at radius 3 is 2.89 bits per heavy atom. The standard InChI is InChI=1S/C4H7N3OS/c1-7-6-2-3(9-7)4(5)8/h2,6H,1H3,(H2,5,8). The predicted molar refractivity (Wildman–Crippen MR) is 35.8 cm³/mol. The zero-order chi connectivity index (χ0) is 6.85. The smallest absolute Gasteiger partial charge is 0.258 e. The molecule has 1 heterocycles. The number of hydrogen-bond acceptors (Lipinski definition) is 4. The average Bonchev–Trinajstić information content (AvgIpc) is 2.14. The number of nitrogens with one attached hydrogen (secondary N) is 1. The topological polar surface area (TPSA) is 58.4 Å². The zero-order valence-electron chi connectivity index (χ0n) is 4.92. The summed E-state index contributed by atoms with van der Waals surface area (Å²) in [4.78, 5) is 11.0. The van der Waals surface area contributed by atoms with E-state index in [-0.39, 0.29) is 0 Å². The fourth-order valence-corrected chi connectivity index (χ4v) is 1.06. The van der Waals surface area contributed by atoms with E-state index >= 15 is 0 Å². The van der Waals surface area contributed by atoms with E-state index < -0.39 is 5.91 Å². The molecular weight excluding hydrogens is 138 g/mol. The van der Waals surface area contributed by atoms with Crippen LogP contribution in [0, 0.1) is 0 Å². The Morgan fingerprint density at radius 2 is 2.67 bits per heavy atom. The summed E-state index contributed by atoms with van der Waals surface area (Å²) in [6.07, 6.45) is 1.58. The molecule has 1 rings (SSSR count). The molecule has 4 nitrogen and oxygen atoms in total. The predicted octanol–water partition coefficient (Wildman–Crippen LogP) is -0.589. The molecule has 0 saturated carbocycles. The van der Waals surface area contributed by atoms with Crippen LogP contribution in [-0.2, 0) is 4.79 Å². The second-order valence-corrected chi connectivity index (χ2v) is 2.76. The molecule has 1 amide bonds. The lowest BCUT2D eigenvalue weighted by Crippen LogP contribution is -2.17. The number of carbonyl (C=O) groups is 1. The summed E-state index contributed by atoms with van der Waals surface area (Å²) in [6, 6.07) is 0. The van der Waals surface area contributed by atoms with E-state index in [9.17, 15) is 4.79 Å². The summed E-state index contributed by atoms with van der Waals surface area (Å²) in [7, 11) is 1.80. The summed E-state index contributed by atoms with van der Waals surface area (Å²) in [5, 5.41) is 0. The lowest BCUT2D eigenvalue weighted by atomic mass is 10.6. The van der Waals surface area contributed by atoms with Gasteiger partial charge < -0.3 is 11.2 Å². The molecule has 3 N–H and O–H groups in total. The van der Waals surface area contributed by atoms with E-state index in [1.807, 2.05) is 0 Å². The molecule has 50 valence electrons. The van der Waals surface area contributed by atoms with Crippen LogP contribution < -0.4 is 11.2 Å². The van der Waals surface area contributed by atoms with Crippen LogP contribution in [0.5, 0.6) is 0 Å². The summed E-state index contributed by atoms with van der Waals surface area (Å²) in [5.41, 5.74) is 7.75. The van der Waals surface area contributed by atoms with Crippen molar-refractivity contribution in [2.24, 2.45) is 5.73 Å². The van der Waals surface area contributed by atoms with Crippen molar-refractivity contribution in [1.29, 1.82) is 0 Å². The Labute approximate surface area is 57.2 Å². The van der Waals surface area contributed by atoms with Crippen molar-refractivity contribution < 1.29 is 4.79 Å². The van der Waals surface area contributed by atoms with Crippen molar-refractivity contribution in [3.63, 3.8) is 0 Å². The van der Waals surface area contributed by atoms with E-state index in [2.05, 4.69) is 5.43 Å². The van der Waals surface area contributed by atoms with Crippen molar-refractivity contribution in [3.05, 3.63) is 11.1 Å². The molecule has 0 spiro atoms. The third-order valence-electron chi connectivity index (χ3n) is 0.856. The van der Waals surface area contributed by atoms with E-state index in [0.717, 1.165) is 0 Å². The number of amides is 1. The molecule has 0 saturated heterocycles. The van der Waals surface area contributed by atoms with Crippen LogP contribution >= 0.6 is 11.9 Å². The average molecular weight is 145 g/mol. The van der Waals surface area contributed by atoms with Gasteiger partial charge in [0, 0.05) is 13.2 Å². The van der Waals surface area contributed by atoms with E-state index in [4.69, 9.17) is 5.73 Å². The fraction of sp³-hybridized carbons (Fsp3) is 0.250. The molecule has 1 aliphatic heterocycles. The molecule has 0 radical (unpaired) electrons. The molecule has 9 heavy (non-hydrogen) atoms. The third-order valence-corrected chi connectivity index (χ3v) is 1.75. The molecule has 1 aliphatic rings. The van der Waals surface area contributed by atoms with Gasteiger partial charge in [-0.3, -0.25) is 4.79 Å². The summed E-state index contributed by atoms with van der Waals surface area (Å²) in [6.45, 7) is 0. The monoisotopic (exact) mass is 145 g/mol. The minimum atomic E-state index is -0.392. The first-order valence-electron chi connectivity index (χ1n) is 2.38. The van der Waals surface area contributed by atoms with Gasteiger partial charge in [-0.05, 0) is 11.9 Å².